The summed E-state index contributed by atoms with van der Waals surface area (Å²) in [6.07, 6.45) is 0. The number of hydrogen-bond acceptors (Lipinski definition) is 3. The Labute approximate surface area is 161 Å². The summed E-state index contributed by atoms with van der Waals surface area (Å²) in [7, 11) is 0. The van der Waals surface area contributed by atoms with Crippen molar-refractivity contribution in [2.45, 2.75) is 13.5 Å². The van der Waals surface area contributed by atoms with Crippen molar-refractivity contribution in [2.24, 2.45) is 0 Å². The molecule has 4 heteroatoms. The number of ether oxygens (including phenoxy) is 1. The van der Waals surface area contributed by atoms with Crippen molar-refractivity contribution < 1.29 is 9.15 Å². The first-order chi connectivity index (χ1) is 13.1. The van der Waals surface area contributed by atoms with Gasteiger partial charge in [-0.05, 0) is 48.9 Å². The standard InChI is InChI=1S/C23H17ClO3/c1-15-7-12-20-19(13-15)21(25)23(26-14-16-5-3-2-4-6-16)22(27-20)17-8-10-18(24)11-9-17/h2-13H,14H2,1H3. The van der Waals surface area contributed by atoms with Gasteiger partial charge >= 0.3 is 0 Å². The van der Waals surface area contributed by atoms with Crippen molar-refractivity contribution in [1.29, 1.82) is 0 Å². The van der Waals surface area contributed by atoms with Crippen LogP contribution in [0.3, 0.4) is 0 Å². The van der Waals surface area contributed by atoms with Crippen LogP contribution < -0.4 is 10.2 Å². The average molecular weight is 377 g/mol. The molecule has 27 heavy (non-hydrogen) atoms. The molecule has 0 radical (unpaired) electrons. The van der Waals surface area contributed by atoms with Gasteiger partial charge in [-0.3, -0.25) is 4.79 Å². The maximum Gasteiger partial charge on any atom is 0.235 e. The van der Waals surface area contributed by atoms with Gasteiger partial charge in [0.1, 0.15) is 12.2 Å². The zero-order valence-corrected chi connectivity index (χ0v) is 15.5. The Bertz CT molecular complexity index is 1150. The van der Waals surface area contributed by atoms with Gasteiger partial charge in [0.15, 0.2) is 5.76 Å². The largest absolute Gasteiger partial charge is 0.481 e. The second-order valence-electron chi connectivity index (χ2n) is 6.37. The van der Waals surface area contributed by atoms with Gasteiger partial charge in [0.05, 0.1) is 5.39 Å². The molecule has 0 saturated heterocycles. The summed E-state index contributed by atoms with van der Waals surface area (Å²) >= 11 is 6.00. The maximum absolute atomic E-state index is 13.2. The van der Waals surface area contributed by atoms with Crippen LogP contribution in [0.5, 0.6) is 5.75 Å². The van der Waals surface area contributed by atoms with Gasteiger partial charge in [0.25, 0.3) is 0 Å². The van der Waals surface area contributed by atoms with Gasteiger partial charge in [0.2, 0.25) is 11.2 Å². The summed E-state index contributed by atoms with van der Waals surface area (Å²) in [4.78, 5) is 13.2. The molecule has 0 saturated carbocycles. The van der Waals surface area contributed by atoms with Gasteiger partial charge in [-0.2, -0.15) is 0 Å². The van der Waals surface area contributed by atoms with E-state index in [1.54, 1.807) is 12.1 Å². The minimum absolute atomic E-state index is 0.180. The third kappa shape index (κ3) is 3.60. The van der Waals surface area contributed by atoms with E-state index in [1.165, 1.54) is 0 Å². The Morgan fingerprint density at radius 2 is 1.70 bits per heavy atom. The SMILES string of the molecule is Cc1ccc2oc(-c3ccc(Cl)cc3)c(OCc3ccccc3)c(=O)c2c1. The first-order valence-corrected chi connectivity index (χ1v) is 9.00. The average Bonchev–Trinajstić information content (AvgIpc) is 2.69. The Kier molecular flexibility index (Phi) is 4.69. The summed E-state index contributed by atoms with van der Waals surface area (Å²) in [6, 6.07) is 22.4. The summed E-state index contributed by atoms with van der Waals surface area (Å²) in [5, 5.41) is 1.13. The highest BCUT2D eigenvalue weighted by atomic mass is 35.5. The van der Waals surface area contributed by atoms with E-state index < -0.39 is 0 Å². The smallest absolute Gasteiger partial charge is 0.235 e. The molecule has 0 spiro atoms. The highest BCUT2D eigenvalue weighted by molar-refractivity contribution is 6.30. The van der Waals surface area contributed by atoms with Crippen LogP contribution in [0.2, 0.25) is 5.02 Å². The molecular formula is C23H17ClO3. The molecule has 0 aliphatic carbocycles. The van der Waals surface area contributed by atoms with E-state index in [0.29, 0.717) is 21.8 Å². The van der Waals surface area contributed by atoms with Gasteiger partial charge in [-0.15, -0.1) is 0 Å². The van der Waals surface area contributed by atoms with Gasteiger partial charge in [-0.1, -0.05) is 53.6 Å². The van der Waals surface area contributed by atoms with Crippen molar-refractivity contribution >= 4 is 22.6 Å². The molecule has 3 nitrogen and oxygen atoms in total. The fraction of sp³-hybridized carbons (Fsp3) is 0.0870. The Morgan fingerprint density at radius 1 is 0.963 bits per heavy atom. The quantitative estimate of drug-likeness (QED) is 0.438. The highest BCUT2D eigenvalue weighted by Crippen LogP contribution is 2.32. The Morgan fingerprint density at radius 3 is 2.44 bits per heavy atom. The van der Waals surface area contributed by atoms with Crippen LogP contribution in [0.4, 0.5) is 0 Å². The third-order valence-electron chi connectivity index (χ3n) is 4.34. The molecule has 0 N–H and O–H groups in total. The Hall–Kier alpha value is -3.04. The van der Waals surface area contributed by atoms with E-state index in [0.717, 1.165) is 16.7 Å². The molecule has 134 valence electrons. The van der Waals surface area contributed by atoms with E-state index in [4.69, 9.17) is 20.8 Å². The molecule has 0 fully saturated rings. The van der Waals surface area contributed by atoms with Crippen molar-refractivity contribution in [3.63, 3.8) is 0 Å². The van der Waals surface area contributed by atoms with Crippen molar-refractivity contribution in [1.82, 2.24) is 0 Å². The first kappa shape index (κ1) is 17.4. The van der Waals surface area contributed by atoms with Crippen molar-refractivity contribution in [3.05, 3.63) is 99.2 Å². The highest BCUT2D eigenvalue weighted by Gasteiger charge is 2.18. The van der Waals surface area contributed by atoms with Crippen LogP contribution in [-0.4, -0.2) is 0 Å². The number of benzene rings is 3. The van der Waals surface area contributed by atoms with Crippen LogP contribution in [0.25, 0.3) is 22.3 Å². The van der Waals surface area contributed by atoms with Crippen LogP contribution in [0, 0.1) is 6.92 Å². The second-order valence-corrected chi connectivity index (χ2v) is 6.81. The molecule has 0 atom stereocenters. The minimum atomic E-state index is -0.180. The van der Waals surface area contributed by atoms with Crippen molar-refractivity contribution in [3.8, 4) is 17.1 Å². The minimum Gasteiger partial charge on any atom is -0.481 e. The number of fused-ring (bicyclic) bond motifs is 1. The summed E-state index contributed by atoms with van der Waals surface area (Å²) in [5.41, 5.74) is 3.05. The van der Waals surface area contributed by atoms with Crippen LogP contribution in [0.1, 0.15) is 11.1 Å². The summed E-state index contributed by atoms with van der Waals surface area (Å²) in [6.45, 7) is 2.22. The molecule has 3 aromatic carbocycles. The number of aryl methyl sites for hydroxylation is 1. The number of hydrogen-bond donors (Lipinski definition) is 0. The molecule has 4 rings (SSSR count). The zero-order chi connectivity index (χ0) is 18.8. The molecular weight excluding hydrogens is 360 g/mol. The second kappa shape index (κ2) is 7.29. The van der Waals surface area contributed by atoms with E-state index >= 15 is 0 Å². The van der Waals surface area contributed by atoms with Gasteiger partial charge < -0.3 is 9.15 Å². The molecule has 1 aromatic heterocycles. The summed E-state index contributed by atoms with van der Waals surface area (Å²) in [5.74, 6) is 0.614. The van der Waals surface area contributed by atoms with Gasteiger partial charge in [-0.25, -0.2) is 0 Å². The Balaban J connectivity index is 1.87. The van der Waals surface area contributed by atoms with Crippen LogP contribution in [-0.2, 0) is 6.61 Å². The predicted octanol–water partition coefficient (Wildman–Crippen LogP) is 6.00. The fourth-order valence-corrected chi connectivity index (χ4v) is 3.07. The maximum atomic E-state index is 13.2. The fourth-order valence-electron chi connectivity index (χ4n) is 2.94. The van der Waals surface area contributed by atoms with E-state index in [9.17, 15) is 4.79 Å². The predicted molar refractivity (Wildman–Crippen MR) is 108 cm³/mol. The number of halogens is 1. The molecule has 0 unspecified atom stereocenters. The molecule has 0 aliphatic heterocycles. The lowest BCUT2D eigenvalue weighted by molar-refractivity contribution is 0.298. The molecule has 1 heterocycles. The van der Waals surface area contributed by atoms with Crippen LogP contribution in [0.15, 0.2) is 82.0 Å². The lowest BCUT2D eigenvalue weighted by Crippen LogP contribution is -2.10. The first-order valence-electron chi connectivity index (χ1n) is 8.62. The monoisotopic (exact) mass is 376 g/mol. The molecule has 0 aliphatic rings. The molecule has 4 aromatic rings. The van der Waals surface area contributed by atoms with E-state index in [-0.39, 0.29) is 17.8 Å². The third-order valence-corrected chi connectivity index (χ3v) is 4.59. The van der Waals surface area contributed by atoms with Gasteiger partial charge in [0, 0.05) is 10.6 Å². The van der Waals surface area contributed by atoms with E-state index in [1.807, 2.05) is 67.6 Å². The normalized spacial score (nSPS) is 10.9. The van der Waals surface area contributed by atoms with Crippen LogP contribution >= 0.6 is 11.6 Å². The lowest BCUT2D eigenvalue weighted by Gasteiger charge is -2.12. The van der Waals surface area contributed by atoms with Crippen molar-refractivity contribution in [2.75, 3.05) is 0 Å². The zero-order valence-electron chi connectivity index (χ0n) is 14.7. The lowest BCUT2D eigenvalue weighted by atomic mass is 10.1. The topological polar surface area (TPSA) is 39.4 Å². The summed E-state index contributed by atoms with van der Waals surface area (Å²) < 4.78 is 12.0. The molecule has 0 amide bonds. The van der Waals surface area contributed by atoms with E-state index in [2.05, 4.69) is 0 Å². The molecule has 0 bridgehead atoms. The number of rotatable bonds is 4.